The molecule has 0 aliphatic carbocycles. The quantitative estimate of drug-likeness (QED) is 0.387. The lowest BCUT2D eigenvalue weighted by atomic mass is 10.2. The zero-order valence-electron chi connectivity index (χ0n) is 9.13. The van der Waals surface area contributed by atoms with Crippen molar-refractivity contribution in [2.45, 2.75) is 46.5 Å². The summed E-state index contributed by atoms with van der Waals surface area (Å²) in [5.41, 5.74) is 0.498. The highest BCUT2D eigenvalue weighted by atomic mass is 16.6. The van der Waals surface area contributed by atoms with E-state index in [0.29, 0.717) is 12.0 Å². The Hall–Kier alpha value is -1.12. The number of rotatable bonds is 5. The maximum absolute atomic E-state index is 11.2. The Bertz CT molecular complexity index is 229. The molecule has 80 valence electrons. The van der Waals surface area contributed by atoms with Crippen molar-refractivity contribution >= 4 is 11.9 Å². The first-order valence-corrected chi connectivity index (χ1v) is 5.03. The van der Waals surface area contributed by atoms with Gasteiger partial charge in [-0.25, -0.2) is 4.79 Å². The third-order valence-electron chi connectivity index (χ3n) is 1.77. The Morgan fingerprint density at radius 2 is 1.93 bits per heavy atom. The summed E-state index contributed by atoms with van der Waals surface area (Å²) in [6.07, 6.45) is 4.52. The van der Waals surface area contributed by atoms with E-state index in [1.54, 1.807) is 13.0 Å². The summed E-state index contributed by atoms with van der Waals surface area (Å²) in [4.78, 5) is 22.2. The third-order valence-corrected chi connectivity index (χ3v) is 1.77. The predicted molar refractivity (Wildman–Crippen MR) is 54.7 cm³/mol. The fraction of sp³-hybridized carbons (Fsp3) is 0.636. The number of hydrogen-bond donors (Lipinski definition) is 0. The molecule has 0 rings (SSSR count). The van der Waals surface area contributed by atoms with Crippen LogP contribution in [0, 0.1) is 0 Å². The number of carbonyl (C=O) groups is 2. The smallest absolute Gasteiger partial charge is 0.341 e. The van der Waals surface area contributed by atoms with Crippen molar-refractivity contribution in [2.75, 3.05) is 0 Å². The van der Waals surface area contributed by atoms with Gasteiger partial charge in [0.1, 0.15) is 0 Å². The Labute approximate surface area is 85.1 Å². The van der Waals surface area contributed by atoms with Gasteiger partial charge >= 0.3 is 11.9 Å². The number of unbranched alkanes of at least 4 members (excludes halogenated alkanes) is 1. The van der Waals surface area contributed by atoms with Gasteiger partial charge in [0.05, 0.1) is 0 Å². The fourth-order valence-electron chi connectivity index (χ4n) is 0.946. The average Bonchev–Trinajstić information content (AvgIpc) is 2.15. The van der Waals surface area contributed by atoms with Gasteiger partial charge in [-0.3, -0.25) is 4.79 Å². The van der Waals surface area contributed by atoms with Crippen molar-refractivity contribution in [3.63, 3.8) is 0 Å². The summed E-state index contributed by atoms with van der Waals surface area (Å²) in [5, 5.41) is 0. The Kier molecular flexibility index (Phi) is 6.72. The number of hydrogen-bond acceptors (Lipinski definition) is 3. The van der Waals surface area contributed by atoms with Crippen LogP contribution in [0.15, 0.2) is 11.6 Å². The van der Waals surface area contributed by atoms with Gasteiger partial charge in [0.2, 0.25) is 0 Å². The zero-order chi connectivity index (χ0) is 11.0. The molecule has 14 heavy (non-hydrogen) atoms. The van der Waals surface area contributed by atoms with Gasteiger partial charge in [-0.15, -0.1) is 0 Å². The van der Waals surface area contributed by atoms with Crippen LogP contribution in [0.5, 0.6) is 0 Å². The third kappa shape index (κ3) is 5.51. The fourth-order valence-corrected chi connectivity index (χ4v) is 0.946. The molecule has 0 aromatic heterocycles. The molecule has 0 aromatic rings. The molecule has 3 nitrogen and oxygen atoms in total. The monoisotopic (exact) mass is 198 g/mol. The van der Waals surface area contributed by atoms with Crippen LogP contribution in [0.2, 0.25) is 0 Å². The molecule has 0 aliphatic rings. The van der Waals surface area contributed by atoms with Gasteiger partial charge < -0.3 is 4.74 Å². The molecule has 0 saturated carbocycles. The molecule has 0 atom stereocenters. The predicted octanol–water partition coefficient (Wildman–Crippen LogP) is 2.60. The first kappa shape index (κ1) is 12.9. The van der Waals surface area contributed by atoms with Crippen LogP contribution in [-0.4, -0.2) is 11.9 Å². The topological polar surface area (TPSA) is 43.4 Å². The molecule has 0 N–H and O–H groups in total. The molecule has 0 aliphatic heterocycles. The summed E-state index contributed by atoms with van der Waals surface area (Å²) in [7, 11) is 0. The SMILES string of the molecule is CC/C=C(\C)C(=O)OC(=O)CCCC. The van der Waals surface area contributed by atoms with Gasteiger partial charge in [0, 0.05) is 12.0 Å². The van der Waals surface area contributed by atoms with E-state index in [1.807, 2.05) is 13.8 Å². The number of ether oxygens (including phenoxy) is 1. The second-order valence-electron chi connectivity index (χ2n) is 3.16. The van der Waals surface area contributed by atoms with Crippen molar-refractivity contribution in [2.24, 2.45) is 0 Å². The van der Waals surface area contributed by atoms with E-state index in [4.69, 9.17) is 0 Å². The molecular weight excluding hydrogens is 180 g/mol. The highest BCUT2D eigenvalue weighted by Crippen LogP contribution is 2.02. The molecule has 0 spiro atoms. The first-order chi connectivity index (χ1) is 6.61. The highest BCUT2D eigenvalue weighted by molar-refractivity contribution is 5.95. The largest absolute Gasteiger partial charge is 0.390 e. The van der Waals surface area contributed by atoms with Gasteiger partial charge in [0.25, 0.3) is 0 Å². The number of allylic oxidation sites excluding steroid dienone is 1. The Balaban J connectivity index is 3.93. The molecule has 0 bridgehead atoms. The Morgan fingerprint density at radius 3 is 2.43 bits per heavy atom. The van der Waals surface area contributed by atoms with E-state index >= 15 is 0 Å². The lowest BCUT2D eigenvalue weighted by molar-refractivity contribution is -0.156. The molecule has 0 radical (unpaired) electrons. The number of esters is 2. The van der Waals surface area contributed by atoms with Gasteiger partial charge in [0.15, 0.2) is 0 Å². The van der Waals surface area contributed by atoms with Crippen molar-refractivity contribution < 1.29 is 14.3 Å². The summed E-state index contributed by atoms with van der Waals surface area (Å²) in [5.74, 6) is -0.950. The minimum absolute atomic E-state index is 0.321. The van der Waals surface area contributed by atoms with E-state index in [1.165, 1.54) is 0 Å². The molecule has 0 amide bonds. The van der Waals surface area contributed by atoms with Gasteiger partial charge in [-0.05, 0) is 19.8 Å². The molecule has 3 heteroatoms. The van der Waals surface area contributed by atoms with Crippen LogP contribution in [0.25, 0.3) is 0 Å². The Morgan fingerprint density at radius 1 is 1.29 bits per heavy atom. The molecular formula is C11H18O3. The van der Waals surface area contributed by atoms with E-state index in [0.717, 1.165) is 19.3 Å². The normalized spacial score (nSPS) is 11.2. The molecule has 0 unspecified atom stereocenters. The van der Waals surface area contributed by atoms with E-state index in [9.17, 15) is 9.59 Å². The summed E-state index contributed by atoms with van der Waals surface area (Å²) >= 11 is 0. The van der Waals surface area contributed by atoms with Crippen LogP contribution in [-0.2, 0) is 14.3 Å². The molecule has 0 aromatic carbocycles. The van der Waals surface area contributed by atoms with Gasteiger partial charge in [-0.2, -0.15) is 0 Å². The lowest BCUT2D eigenvalue weighted by Crippen LogP contribution is -2.12. The highest BCUT2D eigenvalue weighted by Gasteiger charge is 2.10. The second kappa shape index (κ2) is 7.30. The van der Waals surface area contributed by atoms with Crippen LogP contribution < -0.4 is 0 Å². The lowest BCUT2D eigenvalue weighted by Gasteiger charge is -2.01. The number of carbonyl (C=O) groups excluding carboxylic acids is 2. The average molecular weight is 198 g/mol. The van der Waals surface area contributed by atoms with Crippen LogP contribution >= 0.6 is 0 Å². The summed E-state index contributed by atoms with van der Waals surface area (Å²) < 4.78 is 4.62. The van der Waals surface area contributed by atoms with E-state index in [2.05, 4.69) is 4.74 Å². The van der Waals surface area contributed by atoms with Crippen molar-refractivity contribution in [1.82, 2.24) is 0 Å². The minimum Gasteiger partial charge on any atom is -0.390 e. The van der Waals surface area contributed by atoms with Crippen molar-refractivity contribution in [3.8, 4) is 0 Å². The zero-order valence-corrected chi connectivity index (χ0v) is 9.13. The van der Waals surface area contributed by atoms with Crippen LogP contribution in [0.3, 0.4) is 0 Å². The minimum atomic E-state index is -0.520. The van der Waals surface area contributed by atoms with E-state index in [-0.39, 0.29) is 0 Å². The van der Waals surface area contributed by atoms with Gasteiger partial charge in [-0.1, -0.05) is 26.3 Å². The molecule has 0 fully saturated rings. The summed E-state index contributed by atoms with van der Waals surface area (Å²) in [6, 6.07) is 0. The maximum Gasteiger partial charge on any atom is 0.341 e. The second-order valence-corrected chi connectivity index (χ2v) is 3.16. The van der Waals surface area contributed by atoms with Crippen LogP contribution in [0.1, 0.15) is 46.5 Å². The molecule has 0 heterocycles. The van der Waals surface area contributed by atoms with Crippen molar-refractivity contribution in [3.05, 3.63) is 11.6 Å². The summed E-state index contributed by atoms with van der Waals surface area (Å²) in [6.45, 7) is 5.56. The molecule has 0 saturated heterocycles. The standard InChI is InChI=1S/C11H18O3/c1-4-6-8-10(12)14-11(13)9(3)7-5-2/h7H,4-6,8H2,1-3H3/b9-7+. The maximum atomic E-state index is 11.2. The van der Waals surface area contributed by atoms with Crippen molar-refractivity contribution in [1.29, 1.82) is 0 Å². The van der Waals surface area contributed by atoms with Crippen LogP contribution in [0.4, 0.5) is 0 Å². The first-order valence-electron chi connectivity index (χ1n) is 5.03. The van der Waals surface area contributed by atoms with E-state index < -0.39 is 11.9 Å².